The molecule has 2 aliphatic heterocycles. The lowest BCUT2D eigenvalue weighted by Crippen LogP contribution is -2.54. The molecule has 2 N–H and O–H groups in total. The van der Waals surface area contributed by atoms with Gasteiger partial charge in [-0.1, -0.05) is 17.7 Å². The Morgan fingerprint density at radius 1 is 1.22 bits per heavy atom. The number of amides is 1. The lowest BCUT2D eigenvalue weighted by atomic mass is 9.82. The highest BCUT2D eigenvalue weighted by Crippen LogP contribution is 2.30. The lowest BCUT2D eigenvalue weighted by molar-refractivity contribution is -0.138. The summed E-state index contributed by atoms with van der Waals surface area (Å²) in [6.45, 7) is 10.3. The van der Waals surface area contributed by atoms with Gasteiger partial charge in [-0.15, -0.1) is 0 Å². The van der Waals surface area contributed by atoms with Crippen LogP contribution in [-0.2, 0) is 9.53 Å². The van der Waals surface area contributed by atoms with Crippen molar-refractivity contribution in [2.75, 3.05) is 25.0 Å². The number of carbonyl (C=O) groups is 1. The van der Waals surface area contributed by atoms with E-state index in [2.05, 4.69) is 54.4 Å². The van der Waals surface area contributed by atoms with Crippen LogP contribution in [-0.4, -0.2) is 51.5 Å². The molecular formula is C25H33N5O2. The molecule has 32 heavy (non-hydrogen) atoms. The quantitative estimate of drug-likeness (QED) is 0.692. The smallest absolute Gasteiger partial charge is 0.226 e. The normalized spacial score (nSPS) is 22.2. The number of nitrogens with zero attached hydrogens (tertiary/aromatic N) is 3. The molecule has 0 spiro atoms. The summed E-state index contributed by atoms with van der Waals surface area (Å²) in [5.74, 6) is 0.929. The molecule has 4 rings (SSSR count). The summed E-state index contributed by atoms with van der Waals surface area (Å²) < 4.78 is 5.94. The number of anilines is 2. The zero-order chi connectivity index (χ0) is 22.8. The Morgan fingerprint density at radius 2 is 2.06 bits per heavy atom. The van der Waals surface area contributed by atoms with Gasteiger partial charge in [0, 0.05) is 30.2 Å². The van der Waals surface area contributed by atoms with Crippen molar-refractivity contribution in [2.24, 2.45) is 0 Å². The second-order valence-corrected chi connectivity index (χ2v) is 9.90. The molecule has 170 valence electrons. The third-order valence-electron chi connectivity index (χ3n) is 5.75. The van der Waals surface area contributed by atoms with Crippen LogP contribution < -0.4 is 10.6 Å². The van der Waals surface area contributed by atoms with E-state index in [-0.39, 0.29) is 23.1 Å². The summed E-state index contributed by atoms with van der Waals surface area (Å²) in [5.41, 5.74) is 2.77. The Kier molecular flexibility index (Phi) is 6.31. The van der Waals surface area contributed by atoms with Crippen molar-refractivity contribution in [1.82, 2.24) is 20.2 Å². The minimum atomic E-state index is -0.216. The van der Waals surface area contributed by atoms with E-state index in [1.165, 1.54) is 5.57 Å². The van der Waals surface area contributed by atoms with E-state index in [1.54, 1.807) is 12.4 Å². The largest absolute Gasteiger partial charge is 0.368 e. The first-order chi connectivity index (χ1) is 15.2. The second-order valence-electron chi connectivity index (χ2n) is 9.90. The van der Waals surface area contributed by atoms with E-state index in [0.717, 1.165) is 23.6 Å². The fourth-order valence-corrected chi connectivity index (χ4v) is 4.81. The van der Waals surface area contributed by atoms with Gasteiger partial charge in [0.1, 0.15) is 11.9 Å². The Hall–Kier alpha value is -2.77. The van der Waals surface area contributed by atoms with Gasteiger partial charge in [-0.3, -0.25) is 9.78 Å². The van der Waals surface area contributed by atoms with Gasteiger partial charge in [0.25, 0.3) is 0 Å². The molecule has 7 nitrogen and oxygen atoms in total. The second kappa shape index (κ2) is 9.00. The molecule has 1 atom stereocenters. The topological polar surface area (TPSA) is 79.4 Å². The molecule has 2 aromatic heterocycles. The highest BCUT2D eigenvalue weighted by molar-refractivity contribution is 5.79. The zero-order valence-corrected chi connectivity index (χ0v) is 19.4. The number of carbonyl (C=O) groups excluding carboxylic acids is 1. The van der Waals surface area contributed by atoms with Gasteiger partial charge < -0.3 is 20.3 Å². The molecule has 1 saturated heterocycles. The Bertz CT molecular complexity index is 970. The maximum atomic E-state index is 13.1. The monoisotopic (exact) mass is 435 g/mol. The van der Waals surface area contributed by atoms with Crippen molar-refractivity contribution in [2.45, 2.75) is 57.7 Å². The molecule has 1 amide bonds. The minimum absolute atomic E-state index is 0.0175. The molecule has 0 bridgehead atoms. The van der Waals surface area contributed by atoms with Crippen LogP contribution in [0.4, 0.5) is 11.5 Å². The van der Waals surface area contributed by atoms with Gasteiger partial charge in [0.2, 0.25) is 5.91 Å². The summed E-state index contributed by atoms with van der Waals surface area (Å²) in [4.78, 5) is 23.8. The van der Waals surface area contributed by atoms with Crippen molar-refractivity contribution in [3.05, 3.63) is 60.1 Å². The van der Waals surface area contributed by atoms with Crippen molar-refractivity contribution in [3.63, 3.8) is 0 Å². The average Bonchev–Trinajstić information content (AvgIpc) is 2.73. The average molecular weight is 436 g/mol. The Labute approximate surface area is 190 Å². The van der Waals surface area contributed by atoms with E-state index in [4.69, 9.17) is 4.74 Å². The highest BCUT2D eigenvalue weighted by Gasteiger charge is 2.34. The van der Waals surface area contributed by atoms with Crippen LogP contribution in [0.25, 0.3) is 0 Å². The van der Waals surface area contributed by atoms with E-state index >= 15 is 0 Å². The third-order valence-corrected chi connectivity index (χ3v) is 5.75. The fourth-order valence-electron chi connectivity index (χ4n) is 4.81. The SMILES string of the molecule is CC1(C)C=C(CC(=O)N2CCO[C@@H](c3ccc(Nc4ccccn4)cn3)C2)CC(C)(C)N1. The molecule has 4 heterocycles. The number of aromatic nitrogens is 2. The molecule has 2 aliphatic rings. The van der Waals surface area contributed by atoms with Gasteiger partial charge in [-0.05, 0) is 58.4 Å². The standard InChI is InChI=1S/C25H33N5O2/c1-24(2)14-18(15-25(3,4)29-24)13-23(31)30-11-12-32-21(17-30)20-9-8-19(16-27-20)28-22-7-5-6-10-26-22/h5-10,14,16,21,29H,11-13,15,17H2,1-4H3,(H,26,28)/t21-/m1/s1. The molecule has 7 heteroatoms. The first-order valence-electron chi connectivity index (χ1n) is 11.2. The van der Waals surface area contributed by atoms with Crippen molar-refractivity contribution >= 4 is 17.4 Å². The van der Waals surface area contributed by atoms with Crippen LogP contribution in [0.1, 0.15) is 52.3 Å². The Morgan fingerprint density at radius 3 is 2.75 bits per heavy atom. The number of rotatable bonds is 5. The predicted molar refractivity (Wildman–Crippen MR) is 126 cm³/mol. The zero-order valence-electron chi connectivity index (χ0n) is 19.4. The predicted octanol–water partition coefficient (Wildman–Crippen LogP) is 3.99. The number of hydrogen-bond donors (Lipinski definition) is 2. The van der Waals surface area contributed by atoms with Crippen LogP contribution in [0.5, 0.6) is 0 Å². The van der Waals surface area contributed by atoms with Crippen LogP contribution in [0.2, 0.25) is 0 Å². The molecular weight excluding hydrogens is 402 g/mol. The highest BCUT2D eigenvalue weighted by atomic mass is 16.5. The molecule has 2 aromatic rings. The summed E-state index contributed by atoms with van der Waals surface area (Å²) in [5, 5.41) is 6.85. The minimum Gasteiger partial charge on any atom is -0.368 e. The number of morpholine rings is 1. The maximum absolute atomic E-state index is 13.1. The van der Waals surface area contributed by atoms with Gasteiger partial charge in [0.05, 0.1) is 30.7 Å². The summed E-state index contributed by atoms with van der Waals surface area (Å²) in [6, 6.07) is 9.63. The molecule has 0 unspecified atom stereocenters. The fraction of sp³-hybridized carbons (Fsp3) is 0.480. The summed E-state index contributed by atoms with van der Waals surface area (Å²) in [7, 11) is 0. The van der Waals surface area contributed by atoms with Crippen molar-refractivity contribution in [1.29, 1.82) is 0 Å². The van der Waals surface area contributed by atoms with Crippen LogP contribution in [0.3, 0.4) is 0 Å². The summed E-state index contributed by atoms with van der Waals surface area (Å²) in [6.07, 6.45) is 6.85. The summed E-state index contributed by atoms with van der Waals surface area (Å²) >= 11 is 0. The van der Waals surface area contributed by atoms with Crippen LogP contribution >= 0.6 is 0 Å². The van der Waals surface area contributed by atoms with E-state index in [9.17, 15) is 4.79 Å². The van der Waals surface area contributed by atoms with Crippen LogP contribution in [0.15, 0.2) is 54.4 Å². The molecule has 0 radical (unpaired) electrons. The first kappa shape index (κ1) is 22.4. The number of pyridine rings is 2. The Balaban J connectivity index is 1.38. The molecule has 0 saturated carbocycles. The van der Waals surface area contributed by atoms with Gasteiger partial charge in [-0.25, -0.2) is 4.98 Å². The number of hydrogen-bond acceptors (Lipinski definition) is 6. The maximum Gasteiger partial charge on any atom is 0.226 e. The number of nitrogens with one attached hydrogen (secondary N) is 2. The lowest BCUT2D eigenvalue weighted by Gasteiger charge is -2.41. The van der Waals surface area contributed by atoms with Crippen molar-refractivity contribution in [3.8, 4) is 0 Å². The first-order valence-corrected chi connectivity index (χ1v) is 11.2. The van der Waals surface area contributed by atoms with Crippen molar-refractivity contribution < 1.29 is 9.53 Å². The van der Waals surface area contributed by atoms with Gasteiger partial charge in [0.15, 0.2) is 0 Å². The molecule has 0 aliphatic carbocycles. The van der Waals surface area contributed by atoms with Gasteiger partial charge in [-0.2, -0.15) is 0 Å². The van der Waals surface area contributed by atoms with Crippen LogP contribution in [0, 0.1) is 0 Å². The number of ether oxygens (including phenoxy) is 1. The van der Waals surface area contributed by atoms with Gasteiger partial charge >= 0.3 is 0 Å². The van der Waals surface area contributed by atoms with E-state index < -0.39 is 0 Å². The third kappa shape index (κ3) is 5.72. The van der Waals surface area contributed by atoms with E-state index in [0.29, 0.717) is 26.1 Å². The molecule has 1 fully saturated rings. The van der Waals surface area contributed by atoms with E-state index in [1.807, 2.05) is 35.2 Å². The molecule has 0 aromatic carbocycles.